The van der Waals surface area contributed by atoms with Crippen LogP contribution in [0.4, 0.5) is 0 Å². The fourth-order valence-electron chi connectivity index (χ4n) is 3.65. The van der Waals surface area contributed by atoms with E-state index in [0.717, 1.165) is 6.54 Å². The fourth-order valence-corrected chi connectivity index (χ4v) is 3.65. The van der Waals surface area contributed by atoms with Crippen molar-refractivity contribution < 1.29 is 0 Å². The van der Waals surface area contributed by atoms with Crippen LogP contribution in [0.15, 0.2) is 12.4 Å². The Labute approximate surface area is 146 Å². The van der Waals surface area contributed by atoms with Crippen LogP contribution in [-0.4, -0.2) is 29.6 Å². The summed E-state index contributed by atoms with van der Waals surface area (Å²) >= 11 is 0. The second-order valence-electron chi connectivity index (χ2n) is 7.31. The van der Waals surface area contributed by atoms with Crippen molar-refractivity contribution in [3.63, 3.8) is 0 Å². The van der Waals surface area contributed by atoms with Crippen LogP contribution in [0.3, 0.4) is 0 Å². The molecule has 1 aliphatic rings. The molecular formula is C21H42N2. The monoisotopic (exact) mass is 322 g/mol. The quantitative estimate of drug-likeness (QED) is 0.316. The summed E-state index contributed by atoms with van der Waals surface area (Å²) in [4.78, 5) is 4.82. The molecule has 1 heterocycles. The minimum Gasteiger partial charge on any atom is -0.359 e. The van der Waals surface area contributed by atoms with Crippen LogP contribution in [-0.2, 0) is 0 Å². The van der Waals surface area contributed by atoms with Crippen molar-refractivity contribution in [3.05, 3.63) is 12.4 Å². The van der Waals surface area contributed by atoms with E-state index in [0.29, 0.717) is 6.17 Å². The Hall–Kier alpha value is -0.660. The molecule has 0 radical (unpaired) electrons. The second-order valence-corrected chi connectivity index (χ2v) is 7.31. The maximum absolute atomic E-state index is 2.46. The molecule has 1 unspecified atom stereocenters. The Bertz CT molecular complexity index is 288. The molecule has 0 bridgehead atoms. The number of hydrogen-bond donors (Lipinski definition) is 0. The first-order valence-electron chi connectivity index (χ1n) is 10.5. The zero-order valence-corrected chi connectivity index (χ0v) is 16.2. The summed E-state index contributed by atoms with van der Waals surface area (Å²) in [7, 11) is 2.21. The number of hydrogen-bond acceptors (Lipinski definition) is 2. The number of unbranched alkanes of at least 4 members (excludes halogenated alkanes) is 12. The van der Waals surface area contributed by atoms with E-state index in [4.69, 9.17) is 0 Å². The first kappa shape index (κ1) is 20.4. The highest BCUT2D eigenvalue weighted by molar-refractivity contribution is 4.94. The molecule has 0 spiro atoms. The molecule has 0 saturated carbocycles. The normalized spacial score (nSPS) is 17.4. The Morgan fingerprint density at radius 2 is 1.13 bits per heavy atom. The lowest BCUT2D eigenvalue weighted by atomic mass is 10.0. The van der Waals surface area contributed by atoms with Gasteiger partial charge in [-0.1, -0.05) is 84.0 Å². The van der Waals surface area contributed by atoms with Crippen molar-refractivity contribution in [1.29, 1.82) is 0 Å². The average Bonchev–Trinajstić information content (AvgIpc) is 2.92. The Kier molecular flexibility index (Phi) is 12.2. The maximum atomic E-state index is 2.46. The van der Waals surface area contributed by atoms with Crippen molar-refractivity contribution in [2.24, 2.45) is 0 Å². The molecule has 1 aliphatic heterocycles. The summed E-state index contributed by atoms with van der Waals surface area (Å²) in [6.45, 7) is 5.67. The molecule has 1 atom stereocenters. The summed E-state index contributed by atoms with van der Waals surface area (Å²) in [5, 5.41) is 0. The van der Waals surface area contributed by atoms with Crippen LogP contribution in [0.25, 0.3) is 0 Å². The largest absolute Gasteiger partial charge is 0.359 e. The summed E-state index contributed by atoms with van der Waals surface area (Å²) in [6, 6.07) is 0. The second kappa shape index (κ2) is 13.7. The Morgan fingerprint density at radius 3 is 1.61 bits per heavy atom. The van der Waals surface area contributed by atoms with Crippen LogP contribution in [0.2, 0.25) is 0 Å². The van der Waals surface area contributed by atoms with Gasteiger partial charge in [-0.05, 0) is 19.8 Å². The Morgan fingerprint density at radius 1 is 0.652 bits per heavy atom. The van der Waals surface area contributed by atoms with Crippen LogP contribution in [0.1, 0.15) is 104 Å². The van der Waals surface area contributed by atoms with E-state index < -0.39 is 0 Å². The van der Waals surface area contributed by atoms with Gasteiger partial charge >= 0.3 is 0 Å². The average molecular weight is 323 g/mol. The number of nitrogens with zero attached hydrogens (tertiary/aromatic N) is 2. The topological polar surface area (TPSA) is 6.48 Å². The standard InChI is InChI=1S/C21H42N2/c1-4-6-7-8-9-10-11-12-13-14-15-16-17-18-21-22(3)19-20-23(21)5-2/h19-21H,4-18H2,1-3H3. The van der Waals surface area contributed by atoms with E-state index in [1.807, 2.05) is 0 Å². The van der Waals surface area contributed by atoms with Crippen LogP contribution in [0, 0.1) is 0 Å². The van der Waals surface area contributed by atoms with Gasteiger partial charge in [0, 0.05) is 26.0 Å². The minimum atomic E-state index is 0.618. The lowest BCUT2D eigenvalue weighted by Crippen LogP contribution is -2.36. The lowest BCUT2D eigenvalue weighted by Gasteiger charge is -2.29. The zero-order chi connectivity index (χ0) is 16.8. The molecule has 0 amide bonds. The van der Waals surface area contributed by atoms with Crippen LogP contribution in [0.5, 0.6) is 0 Å². The van der Waals surface area contributed by atoms with Gasteiger partial charge < -0.3 is 9.80 Å². The minimum absolute atomic E-state index is 0.618. The SMILES string of the molecule is CCCCCCCCCCCCCCCC1N(C)C=CN1CC. The predicted octanol–water partition coefficient (Wildman–Crippen LogP) is 6.53. The molecule has 0 aliphatic carbocycles. The van der Waals surface area contributed by atoms with E-state index in [-0.39, 0.29) is 0 Å². The van der Waals surface area contributed by atoms with Crippen molar-refractivity contribution in [2.45, 2.75) is 110 Å². The highest BCUT2D eigenvalue weighted by atomic mass is 15.4. The molecule has 0 saturated heterocycles. The third-order valence-corrected chi connectivity index (χ3v) is 5.28. The summed E-state index contributed by atoms with van der Waals surface area (Å²) < 4.78 is 0. The molecule has 2 nitrogen and oxygen atoms in total. The number of rotatable bonds is 15. The zero-order valence-electron chi connectivity index (χ0n) is 16.2. The Balaban J connectivity index is 1.81. The summed E-state index contributed by atoms with van der Waals surface area (Å²) in [5.74, 6) is 0. The molecule has 0 aromatic carbocycles. The summed E-state index contributed by atoms with van der Waals surface area (Å²) in [6.07, 6.45) is 25.1. The van der Waals surface area contributed by atoms with Gasteiger partial charge in [0.25, 0.3) is 0 Å². The van der Waals surface area contributed by atoms with Gasteiger partial charge in [-0.15, -0.1) is 0 Å². The van der Waals surface area contributed by atoms with E-state index in [1.54, 1.807) is 0 Å². The van der Waals surface area contributed by atoms with E-state index in [9.17, 15) is 0 Å². The first-order chi connectivity index (χ1) is 11.3. The molecule has 1 rings (SSSR count). The molecule has 0 aromatic heterocycles. The molecular weight excluding hydrogens is 280 g/mol. The van der Waals surface area contributed by atoms with Gasteiger partial charge in [0.15, 0.2) is 0 Å². The third-order valence-electron chi connectivity index (χ3n) is 5.28. The van der Waals surface area contributed by atoms with Gasteiger partial charge in [-0.3, -0.25) is 0 Å². The van der Waals surface area contributed by atoms with Gasteiger partial charge in [0.05, 0.1) is 0 Å². The van der Waals surface area contributed by atoms with Gasteiger partial charge in [-0.25, -0.2) is 0 Å². The van der Waals surface area contributed by atoms with Crippen molar-refractivity contribution in [2.75, 3.05) is 13.6 Å². The highest BCUT2D eigenvalue weighted by Crippen LogP contribution is 2.20. The van der Waals surface area contributed by atoms with E-state index >= 15 is 0 Å². The van der Waals surface area contributed by atoms with Gasteiger partial charge in [-0.2, -0.15) is 0 Å². The first-order valence-corrected chi connectivity index (χ1v) is 10.5. The molecule has 0 fully saturated rings. The van der Waals surface area contributed by atoms with E-state index in [2.05, 4.69) is 43.1 Å². The molecule has 2 heteroatoms. The smallest absolute Gasteiger partial charge is 0.100 e. The summed E-state index contributed by atoms with van der Waals surface area (Å²) in [5.41, 5.74) is 0. The van der Waals surface area contributed by atoms with Crippen LogP contribution >= 0.6 is 0 Å². The van der Waals surface area contributed by atoms with Crippen molar-refractivity contribution in [1.82, 2.24) is 9.80 Å². The maximum Gasteiger partial charge on any atom is 0.100 e. The lowest BCUT2D eigenvalue weighted by molar-refractivity contribution is 0.167. The van der Waals surface area contributed by atoms with Gasteiger partial charge in [0.2, 0.25) is 0 Å². The molecule has 23 heavy (non-hydrogen) atoms. The van der Waals surface area contributed by atoms with Crippen molar-refractivity contribution >= 4 is 0 Å². The van der Waals surface area contributed by atoms with Gasteiger partial charge in [0.1, 0.15) is 6.17 Å². The molecule has 0 aromatic rings. The van der Waals surface area contributed by atoms with Crippen molar-refractivity contribution in [3.8, 4) is 0 Å². The molecule has 0 N–H and O–H groups in total. The molecule has 136 valence electrons. The predicted molar refractivity (Wildman–Crippen MR) is 103 cm³/mol. The third kappa shape index (κ3) is 9.27. The fraction of sp³-hybridized carbons (Fsp3) is 0.905. The van der Waals surface area contributed by atoms with Crippen LogP contribution < -0.4 is 0 Å². The van der Waals surface area contributed by atoms with E-state index in [1.165, 1.54) is 89.9 Å². The highest BCUT2D eigenvalue weighted by Gasteiger charge is 2.20.